The van der Waals surface area contributed by atoms with Crippen molar-refractivity contribution in [2.75, 3.05) is 13.6 Å². The van der Waals surface area contributed by atoms with Gasteiger partial charge in [-0.15, -0.1) is 0 Å². The quantitative estimate of drug-likeness (QED) is 0.856. The second-order valence-corrected chi connectivity index (χ2v) is 6.40. The monoisotopic (exact) mass is 355 g/mol. The van der Waals surface area contributed by atoms with Crippen LogP contribution in [-0.4, -0.2) is 67.4 Å². The molecule has 1 N–H and O–H groups in total. The standard InChI is InChI=1S/C18H21N5O3/c1-22(12-13-3-2-5-19-10-13)14-4-8-23(16(9-14)18(25)26)17(24)15-11-20-6-7-21-15/h2-3,5-7,10-11,14,16H,4,8-9,12H2,1H3,(H,25,26). The van der Waals surface area contributed by atoms with Gasteiger partial charge in [0.2, 0.25) is 0 Å². The van der Waals surface area contributed by atoms with Crippen molar-refractivity contribution < 1.29 is 14.7 Å². The molecule has 8 heteroatoms. The number of rotatable bonds is 5. The summed E-state index contributed by atoms with van der Waals surface area (Å²) in [6.07, 6.45) is 8.87. The topological polar surface area (TPSA) is 99.5 Å². The van der Waals surface area contributed by atoms with Crippen molar-refractivity contribution in [3.63, 3.8) is 0 Å². The van der Waals surface area contributed by atoms with Crippen LogP contribution < -0.4 is 0 Å². The van der Waals surface area contributed by atoms with E-state index in [0.717, 1.165) is 5.56 Å². The van der Waals surface area contributed by atoms with E-state index < -0.39 is 12.0 Å². The van der Waals surface area contributed by atoms with Gasteiger partial charge in [-0.3, -0.25) is 19.7 Å². The van der Waals surface area contributed by atoms with E-state index in [1.807, 2.05) is 19.2 Å². The summed E-state index contributed by atoms with van der Waals surface area (Å²) < 4.78 is 0. The predicted molar refractivity (Wildman–Crippen MR) is 93.2 cm³/mol. The average Bonchev–Trinajstić information content (AvgIpc) is 2.68. The second-order valence-electron chi connectivity index (χ2n) is 6.40. The van der Waals surface area contributed by atoms with Crippen LogP contribution in [0.4, 0.5) is 0 Å². The van der Waals surface area contributed by atoms with Gasteiger partial charge >= 0.3 is 5.97 Å². The van der Waals surface area contributed by atoms with E-state index in [0.29, 0.717) is 25.9 Å². The molecule has 1 amide bonds. The zero-order valence-electron chi connectivity index (χ0n) is 14.5. The number of piperidine rings is 1. The van der Waals surface area contributed by atoms with Gasteiger partial charge < -0.3 is 10.0 Å². The van der Waals surface area contributed by atoms with Gasteiger partial charge in [0.05, 0.1) is 6.20 Å². The molecule has 0 radical (unpaired) electrons. The Morgan fingerprint density at radius 2 is 2.08 bits per heavy atom. The number of carbonyl (C=O) groups is 2. The summed E-state index contributed by atoms with van der Waals surface area (Å²) in [4.78, 5) is 39.9. The van der Waals surface area contributed by atoms with Gasteiger partial charge in [0.1, 0.15) is 11.7 Å². The molecule has 2 unspecified atom stereocenters. The third-order valence-electron chi connectivity index (χ3n) is 4.68. The number of amides is 1. The van der Waals surface area contributed by atoms with Gasteiger partial charge in [-0.05, 0) is 31.5 Å². The van der Waals surface area contributed by atoms with Gasteiger partial charge in [0.15, 0.2) is 0 Å². The summed E-state index contributed by atoms with van der Waals surface area (Å²) in [5.74, 6) is -1.39. The predicted octanol–water partition coefficient (Wildman–Crippen LogP) is 1.06. The molecule has 0 bridgehead atoms. The Kier molecular flexibility index (Phi) is 5.52. The lowest BCUT2D eigenvalue weighted by Crippen LogP contribution is -2.54. The summed E-state index contributed by atoms with van der Waals surface area (Å²) in [6, 6.07) is 3.07. The zero-order chi connectivity index (χ0) is 18.5. The summed E-state index contributed by atoms with van der Waals surface area (Å²) in [6.45, 7) is 1.05. The Balaban J connectivity index is 1.70. The third-order valence-corrected chi connectivity index (χ3v) is 4.68. The molecule has 0 spiro atoms. The highest BCUT2D eigenvalue weighted by Gasteiger charge is 2.38. The first-order valence-corrected chi connectivity index (χ1v) is 8.45. The van der Waals surface area contributed by atoms with Crippen molar-refractivity contribution in [3.05, 3.63) is 54.4 Å². The smallest absolute Gasteiger partial charge is 0.326 e. The molecule has 0 saturated carbocycles. The lowest BCUT2D eigenvalue weighted by molar-refractivity contribution is -0.144. The van der Waals surface area contributed by atoms with E-state index in [4.69, 9.17) is 0 Å². The third kappa shape index (κ3) is 4.02. The molecule has 2 aromatic heterocycles. The number of hydrogen-bond acceptors (Lipinski definition) is 6. The normalized spacial score (nSPS) is 20.2. The maximum atomic E-state index is 12.6. The van der Waals surface area contributed by atoms with E-state index in [-0.39, 0.29) is 17.6 Å². The lowest BCUT2D eigenvalue weighted by atomic mass is 9.95. The fourth-order valence-corrected chi connectivity index (χ4v) is 3.29. The number of carboxylic acid groups (broad SMARTS) is 1. The fraction of sp³-hybridized carbons (Fsp3) is 0.389. The molecule has 0 aromatic carbocycles. The molecule has 3 heterocycles. The minimum absolute atomic E-state index is 0.0715. The van der Waals surface area contributed by atoms with Crippen LogP contribution in [0.25, 0.3) is 0 Å². The Morgan fingerprint density at radius 1 is 1.27 bits per heavy atom. The molecule has 136 valence electrons. The molecule has 8 nitrogen and oxygen atoms in total. The highest BCUT2D eigenvalue weighted by Crippen LogP contribution is 2.24. The largest absolute Gasteiger partial charge is 0.480 e. The Bertz CT molecular complexity index is 756. The molecule has 1 fully saturated rings. The van der Waals surface area contributed by atoms with Gasteiger partial charge in [0.25, 0.3) is 5.91 Å². The maximum absolute atomic E-state index is 12.6. The van der Waals surface area contributed by atoms with E-state index in [9.17, 15) is 14.7 Å². The van der Waals surface area contributed by atoms with Crippen LogP contribution in [-0.2, 0) is 11.3 Å². The molecule has 1 aliphatic heterocycles. The van der Waals surface area contributed by atoms with Crippen LogP contribution in [0.3, 0.4) is 0 Å². The fourth-order valence-electron chi connectivity index (χ4n) is 3.29. The Labute approximate surface area is 151 Å². The number of nitrogens with zero attached hydrogens (tertiary/aromatic N) is 5. The maximum Gasteiger partial charge on any atom is 0.326 e. The second kappa shape index (κ2) is 8.01. The van der Waals surface area contributed by atoms with Gasteiger partial charge in [0, 0.05) is 43.9 Å². The molecule has 3 rings (SSSR count). The summed E-state index contributed by atoms with van der Waals surface area (Å²) >= 11 is 0. The first-order valence-electron chi connectivity index (χ1n) is 8.45. The number of aliphatic carboxylic acids is 1. The number of aromatic nitrogens is 3. The Hall–Kier alpha value is -2.87. The van der Waals surface area contributed by atoms with E-state index >= 15 is 0 Å². The van der Waals surface area contributed by atoms with Gasteiger partial charge in [-0.2, -0.15) is 0 Å². The van der Waals surface area contributed by atoms with E-state index in [1.54, 1.807) is 12.4 Å². The molecule has 26 heavy (non-hydrogen) atoms. The lowest BCUT2D eigenvalue weighted by Gasteiger charge is -2.40. The van der Waals surface area contributed by atoms with Crippen molar-refractivity contribution in [2.24, 2.45) is 0 Å². The molecular weight excluding hydrogens is 334 g/mol. The molecule has 0 aliphatic carbocycles. The van der Waals surface area contributed by atoms with Crippen LogP contribution in [0.1, 0.15) is 28.9 Å². The van der Waals surface area contributed by atoms with Crippen LogP contribution in [0, 0.1) is 0 Å². The summed E-state index contributed by atoms with van der Waals surface area (Å²) in [5.41, 5.74) is 1.24. The average molecular weight is 355 g/mol. The number of likely N-dealkylation sites (tertiary alicyclic amines) is 1. The number of carbonyl (C=O) groups excluding carboxylic acids is 1. The van der Waals surface area contributed by atoms with Gasteiger partial charge in [-0.1, -0.05) is 6.07 Å². The van der Waals surface area contributed by atoms with Gasteiger partial charge in [-0.25, -0.2) is 9.78 Å². The first kappa shape index (κ1) is 17.9. The molecule has 2 atom stereocenters. The minimum atomic E-state index is -0.998. The number of pyridine rings is 1. The molecule has 1 saturated heterocycles. The number of hydrogen-bond donors (Lipinski definition) is 1. The van der Waals surface area contributed by atoms with E-state index in [2.05, 4.69) is 19.9 Å². The van der Waals surface area contributed by atoms with Crippen LogP contribution in [0.15, 0.2) is 43.1 Å². The molecule has 1 aliphatic rings. The number of carboxylic acids is 1. The SMILES string of the molecule is CN(Cc1cccnc1)C1CCN(C(=O)c2cnccn2)C(C(=O)O)C1. The van der Waals surface area contributed by atoms with Crippen molar-refractivity contribution >= 4 is 11.9 Å². The highest BCUT2D eigenvalue weighted by molar-refractivity contribution is 5.94. The molecule has 2 aromatic rings. The summed E-state index contributed by atoms with van der Waals surface area (Å²) in [7, 11) is 1.97. The minimum Gasteiger partial charge on any atom is -0.480 e. The highest BCUT2D eigenvalue weighted by atomic mass is 16.4. The van der Waals surface area contributed by atoms with Crippen molar-refractivity contribution in [3.8, 4) is 0 Å². The van der Waals surface area contributed by atoms with Crippen molar-refractivity contribution in [1.82, 2.24) is 24.8 Å². The molecular formula is C18H21N5O3. The van der Waals surface area contributed by atoms with E-state index in [1.165, 1.54) is 23.5 Å². The first-order chi connectivity index (χ1) is 12.6. The Morgan fingerprint density at radius 3 is 2.73 bits per heavy atom. The van der Waals surface area contributed by atoms with Crippen LogP contribution >= 0.6 is 0 Å². The van der Waals surface area contributed by atoms with Crippen molar-refractivity contribution in [2.45, 2.75) is 31.5 Å². The van der Waals surface area contributed by atoms with Crippen molar-refractivity contribution in [1.29, 1.82) is 0 Å². The summed E-state index contributed by atoms with van der Waals surface area (Å²) in [5, 5.41) is 9.64. The zero-order valence-corrected chi connectivity index (χ0v) is 14.5. The van der Waals surface area contributed by atoms with Crippen LogP contribution in [0.5, 0.6) is 0 Å². The van der Waals surface area contributed by atoms with Crippen LogP contribution in [0.2, 0.25) is 0 Å².